The van der Waals surface area contributed by atoms with E-state index >= 15 is 0 Å². The molecule has 0 amide bonds. The van der Waals surface area contributed by atoms with Crippen LogP contribution in [0.5, 0.6) is 0 Å². The van der Waals surface area contributed by atoms with E-state index in [1.807, 2.05) is 13.8 Å². The predicted octanol–water partition coefficient (Wildman–Crippen LogP) is 15.2. The number of unbranched alkanes of at least 4 members (excludes halogenated alkanes) is 28. The van der Waals surface area contributed by atoms with E-state index in [1.165, 1.54) is 180 Å². The zero-order chi connectivity index (χ0) is 52.3. The Bertz CT molecular complexity index is 978. The van der Waals surface area contributed by atoms with Crippen molar-refractivity contribution in [3.63, 3.8) is 0 Å². The molecule has 1 aliphatic rings. The average Bonchev–Trinajstić information content (AvgIpc) is 3.84. The quantitative estimate of drug-likeness (QED) is 0.0349. The van der Waals surface area contributed by atoms with Gasteiger partial charge in [-0.05, 0) is 44.6 Å². The maximum Gasteiger partial charge on any atom is 2.00 e. The van der Waals surface area contributed by atoms with E-state index in [0.717, 1.165) is 77.3 Å². The Kier molecular flexibility index (Phi) is 60.1. The van der Waals surface area contributed by atoms with Gasteiger partial charge in [0, 0.05) is 59.1 Å². The molecule has 10 heteroatoms. The molecule has 430 valence electrons. The predicted molar refractivity (Wildman–Crippen MR) is 305 cm³/mol. The fourth-order valence-corrected chi connectivity index (χ4v) is 10.1. The van der Waals surface area contributed by atoms with E-state index in [0.29, 0.717) is 46.0 Å². The normalized spacial score (nSPS) is 17.0. The molecule has 0 aliphatic carbocycles. The topological polar surface area (TPSA) is 115 Å². The fraction of sp³-hybridized carbons (Fsp3) is 0.968. The summed E-state index contributed by atoms with van der Waals surface area (Å²) in [5.41, 5.74) is 0. The summed E-state index contributed by atoms with van der Waals surface area (Å²) in [6.07, 6.45) is 45.2. The van der Waals surface area contributed by atoms with Crippen LogP contribution >= 0.6 is 0 Å². The second kappa shape index (κ2) is 57.9. The summed E-state index contributed by atoms with van der Waals surface area (Å²) in [6.45, 7) is 22.9. The molecule has 0 aromatic heterocycles. The van der Waals surface area contributed by atoms with Crippen LogP contribution in [-0.2, 0) is 14.2 Å². The van der Waals surface area contributed by atoms with Gasteiger partial charge >= 0.3 is 31.1 Å². The molecule has 1 fully saturated rings. The summed E-state index contributed by atoms with van der Waals surface area (Å²) in [5.74, 6) is 0. The maximum absolute atomic E-state index is 11.0. The first-order valence-electron chi connectivity index (χ1n) is 31.4. The molecule has 1 aliphatic heterocycles. The Morgan fingerprint density at radius 3 is 1.03 bits per heavy atom. The molecule has 9 nitrogen and oxygen atoms in total. The van der Waals surface area contributed by atoms with Crippen LogP contribution < -0.4 is 0 Å². The van der Waals surface area contributed by atoms with Crippen molar-refractivity contribution in [2.24, 2.45) is 0 Å². The largest absolute Gasteiger partial charge is 2.00 e. The molecule has 0 spiro atoms. The van der Waals surface area contributed by atoms with Crippen molar-refractivity contribution < 1.29 is 65.7 Å². The first-order valence-corrected chi connectivity index (χ1v) is 31.4. The maximum atomic E-state index is 11.0. The number of aliphatic hydroxyl groups is 4. The molecule has 1 heterocycles. The van der Waals surface area contributed by atoms with E-state index < -0.39 is 0 Å². The third-order valence-electron chi connectivity index (χ3n) is 14.6. The van der Waals surface area contributed by atoms with E-state index in [-0.39, 0.29) is 73.8 Å². The summed E-state index contributed by atoms with van der Waals surface area (Å²) in [4.78, 5) is 4.52. The van der Waals surface area contributed by atoms with Gasteiger partial charge in [-0.2, -0.15) is 0 Å². The molecule has 0 radical (unpaired) electrons. The smallest absolute Gasteiger partial charge is 0.410 e. The van der Waals surface area contributed by atoms with Crippen molar-refractivity contribution in [1.82, 2.24) is 9.80 Å². The Morgan fingerprint density at radius 1 is 0.444 bits per heavy atom. The van der Waals surface area contributed by atoms with Gasteiger partial charge in [0.15, 0.2) is 0 Å². The number of ether oxygens (including phenoxy) is 3. The van der Waals surface area contributed by atoms with E-state index in [1.54, 1.807) is 0 Å². The summed E-state index contributed by atoms with van der Waals surface area (Å²) in [5, 5.41) is 44.2. The summed E-state index contributed by atoms with van der Waals surface area (Å²) in [7, 11) is 0. The molecule has 7 atom stereocenters. The molecule has 0 bridgehead atoms. The number of aliphatic hydroxyl groups excluding tert-OH is 4. The fourth-order valence-electron chi connectivity index (χ4n) is 10.1. The van der Waals surface area contributed by atoms with Gasteiger partial charge in [-0.3, -0.25) is 16.2 Å². The Morgan fingerprint density at radius 2 is 0.722 bits per heavy atom. The molecule has 72 heavy (non-hydrogen) atoms. The zero-order valence-corrected chi connectivity index (χ0v) is 53.1. The first kappa shape index (κ1) is 74.8. The van der Waals surface area contributed by atoms with E-state index in [2.05, 4.69) is 50.8 Å². The SMILES string of the molecule is CC.[CH2-]C(OCCCN(CC(O)CCCCCCCCCC)CC(O)CCCCCCCCCC)C1[CH-]C(OCCCN(CC(O)CCCCCCCCCC)CC(O)CCCCCCCCCC)CO1.[U+2]. The summed E-state index contributed by atoms with van der Waals surface area (Å²) < 4.78 is 18.6. The summed E-state index contributed by atoms with van der Waals surface area (Å²) >= 11 is 0. The van der Waals surface area contributed by atoms with Crippen molar-refractivity contribution in [2.75, 3.05) is 59.1 Å². The van der Waals surface area contributed by atoms with Crippen molar-refractivity contribution >= 4 is 0 Å². The molecule has 0 aromatic rings. The van der Waals surface area contributed by atoms with Gasteiger partial charge < -0.3 is 41.6 Å². The average molecular weight is 1250 g/mol. The number of rotatable bonds is 55. The van der Waals surface area contributed by atoms with Crippen LogP contribution in [0.2, 0.25) is 0 Å². The van der Waals surface area contributed by atoms with Gasteiger partial charge in [0.2, 0.25) is 0 Å². The van der Waals surface area contributed by atoms with E-state index in [4.69, 9.17) is 14.2 Å². The van der Waals surface area contributed by atoms with Gasteiger partial charge in [0.1, 0.15) is 0 Å². The zero-order valence-electron chi connectivity index (χ0n) is 49.0. The Labute approximate surface area is 473 Å². The summed E-state index contributed by atoms with van der Waals surface area (Å²) in [6, 6.07) is 0. The van der Waals surface area contributed by atoms with Crippen molar-refractivity contribution in [1.29, 1.82) is 0 Å². The molecule has 7 unspecified atom stereocenters. The van der Waals surface area contributed by atoms with Crippen LogP contribution in [0.1, 0.15) is 286 Å². The molecule has 1 rings (SSSR count). The molecule has 0 saturated carbocycles. The molecule has 1 saturated heterocycles. The van der Waals surface area contributed by atoms with Crippen LogP contribution in [0, 0.1) is 44.5 Å². The standard InChI is InChI=1S/C60H120N2O7.C2H6.U/c1-6-10-14-18-22-26-30-34-40-55(63)49-61(50-56(64)41-35-31-27-23-19-15-11-7-2)44-38-46-67-54(5)60-48-59(53-69-60)68-47-39-45-62(51-57(65)42-36-32-28-24-20-16-12-8-3)52-58(66)43-37-33-29-25-21-17-13-9-4;1-2;/h48,54-60,63-66H,5-47,49-53H2,1-4H3;1-2H3;/q-2;;+2. The Hall–Kier alpha value is 0.692. The minimum absolute atomic E-state index is 0. The number of nitrogens with zero attached hydrogens (tertiary/aromatic N) is 2. The van der Waals surface area contributed by atoms with Crippen molar-refractivity contribution in [3.8, 4) is 0 Å². The minimum Gasteiger partial charge on any atom is -0.410 e. The number of hydrogen-bond acceptors (Lipinski definition) is 9. The minimum atomic E-state index is -0.379. The second-order valence-electron chi connectivity index (χ2n) is 21.7. The molecular formula is C62H126N2O7U. The van der Waals surface area contributed by atoms with Crippen LogP contribution in [0.3, 0.4) is 0 Å². The third-order valence-corrected chi connectivity index (χ3v) is 14.6. The number of hydrogen-bond donors (Lipinski definition) is 4. The van der Waals surface area contributed by atoms with Crippen LogP contribution in [0.25, 0.3) is 0 Å². The molecule has 4 N–H and O–H groups in total. The van der Waals surface area contributed by atoms with Gasteiger partial charge in [-0.15, -0.1) is 0 Å². The second-order valence-corrected chi connectivity index (χ2v) is 21.7. The van der Waals surface area contributed by atoms with E-state index in [9.17, 15) is 20.4 Å². The van der Waals surface area contributed by atoms with Gasteiger partial charge in [0.05, 0.1) is 24.4 Å². The monoisotopic (exact) mass is 1250 g/mol. The van der Waals surface area contributed by atoms with Crippen LogP contribution in [0.4, 0.5) is 0 Å². The third kappa shape index (κ3) is 49.0. The van der Waals surface area contributed by atoms with Gasteiger partial charge in [-0.25, -0.2) is 0 Å². The van der Waals surface area contributed by atoms with Crippen molar-refractivity contribution in [3.05, 3.63) is 13.3 Å². The Balaban J connectivity index is 0. The van der Waals surface area contributed by atoms with Crippen LogP contribution in [-0.4, -0.2) is 132 Å². The van der Waals surface area contributed by atoms with Gasteiger partial charge in [-0.1, -0.05) is 259 Å². The first-order chi connectivity index (χ1) is 34.7. The van der Waals surface area contributed by atoms with Gasteiger partial charge in [0.25, 0.3) is 0 Å². The molecular weight excluding hydrogens is 1120 g/mol. The van der Waals surface area contributed by atoms with Crippen molar-refractivity contribution in [2.45, 2.75) is 328 Å². The van der Waals surface area contributed by atoms with Crippen LogP contribution in [0.15, 0.2) is 0 Å². The molecule has 0 aromatic carbocycles.